The molecule has 21 heavy (non-hydrogen) atoms. The van der Waals surface area contributed by atoms with E-state index in [1.807, 2.05) is 0 Å². The number of rotatable bonds is 6. The van der Waals surface area contributed by atoms with Crippen molar-refractivity contribution >= 4 is 17.1 Å². The van der Waals surface area contributed by atoms with Gasteiger partial charge >= 0.3 is 6.18 Å². The zero-order chi connectivity index (χ0) is 16.2. The lowest BCUT2D eigenvalue weighted by Crippen LogP contribution is -2.36. The Bertz CT molecular complexity index is 549. The van der Waals surface area contributed by atoms with Gasteiger partial charge in [-0.2, -0.15) is 13.2 Å². The summed E-state index contributed by atoms with van der Waals surface area (Å²) in [6.07, 6.45) is -4.65. The average molecular weight is 309 g/mol. The molecule has 0 radical (unpaired) electrons. The number of hydrogen-bond donors (Lipinski definition) is 1. The van der Waals surface area contributed by atoms with Crippen LogP contribution in [0.2, 0.25) is 0 Å². The van der Waals surface area contributed by atoms with Gasteiger partial charge in [0.15, 0.2) is 0 Å². The zero-order valence-corrected chi connectivity index (χ0v) is 10.4. The summed E-state index contributed by atoms with van der Waals surface area (Å²) in [5.41, 5.74) is -1.89. The molecule has 0 spiro atoms. The van der Waals surface area contributed by atoms with E-state index < -0.39 is 52.8 Å². The first-order chi connectivity index (χ1) is 9.65. The quantitative estimate of drug-likeness (QED) is 0.634. The number of anilines is 1. The molecule has 0 atom stereocenters. The molecule has 0 bridgehead atoms. The lowest BCUT2D eigenvalue weighted by Gasteiger charge is -2.24. The molecule has 0 heterocycles. The Labute approximate surface area is 115 Å². The lowest BCUT2D eigenvalue weighted by molar-refractivity contribution is -0.393. The first-order valence-electron chi connectivity index (χ1n) is 5.51. The molecular formula is C10H10F3N3O5. The van der Waals surface area contributed by atoms with Crippen LogP contribution in [0.5, 0.6) is 0 Å². The number of hydrogen-bond acceptors (Lipinski definition) is 6. The number of nitro groups is 2. The normalized spacial score (nSPS) is 11.2. The molecule has 0 fully saturated rings. The van der Waals surface area contributed by atoms with E-state index in [9.17, 15) is 33.4 Å². The van der Waals surface area contributed by atoms with E-state index in [-0.39, 0.29) is 0 Å². The highest BCUT2D eigenvalue weighted by Gasteiger charge is 2.33. The maximum absolute atomic E-state index is 12.5. The predicted molar refractivity (Wildman–Crippen MR) is 65.1 cm³/mol. The molecule has 1 N–H and O–H groups in total. The van der Waals surface area contributed by atoms with Crippen LogP contribution in [-0.4, -0.2) is 40.8 Å². The van der Waals surface area contributed by atoms with Crippen LogP contribution in [0.4, 0.5) is 30.2 Å². The first kappa shape index (κ1) is 16.6. The van der Waals surface area contributed by atoms with E-state index >= 15 is 0 Å². The molecule has 1 aromatic rings. The summed E-state index contributed by atoms with van der Waals surface area (Å²) < 4.78 is 37.4. The fraction of sp³-hybridized carbons (Fsp3) is 0.400. The molecule has 0 aliphatic rings. The van der Waals surface area contributed by atoms with Gasteiger partial charge in [0.25, 0.3) is 11.4 Å². The van der Waals surface area contributed by atoms with Gasteiger partial charge in [0.05, 0.1) is 22.5 Å². The van der Waals surface area contributed by atoms with Gasteiger partial charge in [0, 0.05) is 12.6 Å². The molecule has 0 unspecified atom stereocenters. The second kappa shape index (κ2) is 6.35. The first-order valence-corrected chi connectivity index (χ1v) is 5.51. The Morgan fingerprint density at radius 3 is 2.24 bits per heavy atom. The third-order valence-electron chi connectivity index (χ3n) is 2.45. The molecule has 1 aromatic carbocycles. The third kappa shape index (κ3) is 4.56. The van der Waals surface area contributed by atoms with Gasteiger partial charge in [0.1, 0.15) is 12.2 Å². The van der Waals surface area contributed by atoms with Gasteiger partial charge in [0.2, 0.25) is 0 Å². The Morgan fingerprint density at radius 1 is 1.19 bits per heavy atom. The minimum absolute atomic E-state index is 0.447. The number of non-ortho nitro benzene ring substituents is 1. The van der Waals surface area contributed by atoms with Gasteiger partial charge in [-0.15, -0.1) is 0 Å². The van der Waals surface area contributed by atoms with E-state index in [0.717, 1.165) is 12.1 Å². The number of aliphatic hydroxyl groups is 1. The molecule has 11 heteroatoms. The van der Waals surface area contributed by atoms with E-state index in [4.69, 9.17) is 5.11 Å². The van der Waals surface area contributed by atoms with Gasteiger partial charge in [-0.3, -0.25) is 20.2 Å². The van der Waals surface area contributed by atoms with Crippen molar-refractivity contribution in [3.63, 3.8) is 0 Å². The van der Waals surface area contributed by atoms with Gasteiger partial charge in [-0.1, -0.05) is 0 Å². The maximum atomic E-state index is 12.5. The summed E-state index contributed by atoms with van der Waals surface area (Å²) in [5, 5.41) is 30.2. The van der Waals surface area contributed by atoms with Crippen LogP contribution in [0.3, 0.4) is 0 Å². The fourth-order valence-electron chi connectivity index (χ4n) is 1.66. The summed E-state index contributed by atoms with van der Waals surface area (Å²) in [4.78, 5) is 20.1. The highest BCUT2D eigenvalue weighted by molar-refractivity contribution is 5.67. The fourth-order valence-corrected chi connectivity index (χ4v) is 1.66. The SMILES string of the molecule is O=[N+]([O-])c1ccc(N(CCO)CC(F)(F)F)c([N+](=O)[O-])c1. The molecule has 0 aromatic heterocycles. The predicted octanol–water partition coefficient (Wildman–Crippen LogP) is 1.86. The van der Waals surface area contributed by atoms with E-state index in [2.05, 4.69) is 0 Å². The number of alkyl halides is 3. The average Bonchev–Trinajstić information content (AvgIpc) is 2.35. The molecule has 1 rings (SSSR count). The summed E-state index contributed by atoms with van der Waals surface area (Å²) in [6.45, 7) is -2.69. The minimum Gasteiger partial charge on any atom is -0.395 e. The number of benzene rings is 1. The molecule has 0 aliphatic carbocycles. The zero-order valence-electron chi connectivity index (χ0n) is 10.4. The van der Waals surface area contributed by atoms with Crippen molar-refractivity contribution in [1.29, 1.82) is 0 Å². The van der Waals surface area contributed by atoms with Crippen molar-refractivity contribution < 1.29 is 28.1 Å². The number of halogens is 3. The minimum atomic E-state index is -4.65. The smallest absolute Gasteiger partial charge is 0.395 e. The standard InChI is InChI=1S/C10H10F3N3O5/c11-10(12,13)6-14(3-4-17)8-2-1-7(15(18)19)5-9(8)16(20)21/h1-2,5,17H,3-4,6H2. The molecule has 0 saturated carbocycles. The second-order valence-electron chi connectivity index (χ2n) is 3.95. The molecule has 0 saturated heterocycles. The molecule has 0 amide bonds. The van der Waals surface area contributed by atoms with Crippen molar-refractivity contribution in [3.8, 4) is 0 Å². The van der Waals surface area contributed by atoms with Crippen LogP contribution in [0.1, 0.15) is 0 Å². The van der Waals surface area contributed by atoms with Crippen LogP contribution >= 0.6 is 0 Å². The number of nitrogens with zero attached hydrogens (tertiary/aromatic N) is 3. The van der Waals surface area contributed by atoms with Crippen molar-refractivity contribution in [1.82, 2.24) is 0 Å². The topological polar surface area (TPSA) is 110 Å². The van der Waals surface area contributed by atoms with Gasteiger partial charge in [-0.05, 0) is 6.07 Å². The van der Waals surface area contributed by atoms with Crippen LogP contribution in [0, 0.1) is 20.2 Å². The highest BCUT2D eigenvalue weighted by atomic mass is 19.4. The van der Waals surface area contributed by atoms with Crippen LogP contribution in [0.25, 0.3) is 0 Å². The van der Waals surface area contributed by atoms with E-state index in [0.29, 0.717) is 11.0 Å². The molecule has 0 aliphatic heterocycles. The number of aliphatic hydroxyl groups excluding tert-OH is 1. The summed E-state index contributed by atoms with van der Waals surface area (Å²) in [7, 11) is 0. The van der Waals surface area contributed by atoms with Gasteiger partial charge in [-0.25, -0.2) is 0 Å². The van der Waals surface area contributed by atoms with Crippen molar-refractivity contribution in [3.05, 3.63) is 38.4 Å². The molecule has 116 valence electrons. The maximum Gasteiger partial charge on any atom is 0.405 e. The summed E-state index contributed by atoms with van der Waals surface area (Å²) in [6, 6.07) is 2.30. The Hall–Kier alpha value is -2.43. The number of nitro benzene ring substituents is 2. The van der Waals surface area contributed by atoms with E-state index in [1.54, 1.807) is 0 Å². The molecular weight excluding hydrogens is 299 g/mol. The van der Waals surface area contributed by atoms with Gasteiger partial charge < -0.3 is 10.0 Å². The highest BCUT2D eigenvalue weighted by Crippen LogP contribution is 2.33. The lowest BCUT2D eigenvalue weighted by atomic mass is 10.2. The Balaban J connectivity index is 3.29. The van der Waals surface area contributed by atoms with Crippen molar-refractivity contribution in [2.75, 3.05) is 24.6 Å². The van der Waals surface area contributed by atoms with Crippen molar-refractivity contribution in [2.24, 2.45) is 0 Å². The Morgan fingerprint density at radius 2 is 1.81 bits per heavy atom. The van der Waals surface area contributed by atoms with Crippen LogP contribution in [0.15, 0.2) is 18.2 Å². The molecule has 8 nitrogen and oxygen atoms in total. The summed E-state index contributed by atoms with van der Waals surface area (Å²) in [5.74, 6) is 0. The third-order valence-corrected chi connectivity index (χ3v) is 2.45. The monoisotopic (exact) mass is 309 g/mol. The second-order valence-corrected chi connectivity index (χ2v) is 3.95. The van der Waals surface area contributed by atoms with E-state index in [1.165, 1.54) is 0 Å². The van der Waals surface area contributed by atoms with Crippen molar-refractivity contribution in [2.45, 2.75) is 6.18 Å². The largest absolute Gasteiger partial charge is 0.405 e. The Kier molecular flexibility index (Phi) is 5.02. The van der Waals surface area contributed by atoms with Crippen LogP contribution < -0.4 is 4.90 Å². The van der Waals surface area contributed by atoms with Crippen LogP contribution in [-0.2, 0) is 0 Å². The summed E-state index contributed by atoms with van der Waals surface area (Å²) >= 11 is 0.